The Morgan fingerprint density at radius 1 is 1.15 bits per heavy atom. The summed E-state index contributed by atoms with van der Waals surface area (Å²) in [5.41, 5.74) is 0.668. The number of hydrogen-bond donors (Lipinski definition) is 2. The molecule has 7 nitrogen and oxygen atoms in total. The lowest BCUT2D eigenvalue weighted by atomic mass is 9.85. The molecule has 2 aromatic heterocycles. The van der Waals surface area contributed by atoms with Crippen LogP contribution in [0, 0.1) is 0 Å². The molecular weight excluding hydrogens is 375 g/mol. The fourth-order valence-corrected chi connectivity index (χ4v) is 4.09. The zero-order valence-corrected chi connectivity index (χ0v) is 16.3. The van der Waals surface area contributed by atoms with Gasteiger partial charge in [0.2, 0.25) is 0 Å². The Bertz CT molecular complexity index is 662. The van der Waals surface area contributed by atoms with Crippen molar-refractivity contribution in [2.75, 3.05) is 26.2 Å². The maximum absolute atomic E-state index is 13.4. The zero-order chi connectivity index (χ0) is 16.4. The van der Waals surface area contributed by atoms with E-state index in [0.29, 0.717) is 5.92 Å². The number of H-pyrrole nitrogens is 1. The number of halogens is 2. The Morgan fingerprint density at radius 2 is 1.88 bits per heavy atom. The Labute approximate surface area is 165 Å². The lowest BCUT2D eigenvalue weighted by molar-refractivity contribution is -0.144. The van der Waals surface area contributed by atoms with Crippen molar-refractivity contribution in [2.45, 2.75) is 37.1 Å². The molecule has 2 N–H and O–H groups in total. The summed E-state index contributed by atoms with van der Waals surface area (Å²) < 4.78 is 1.89. The van der Waals surface area contributed by atoms with Gasteiger partial charge in [-0.2, -0.15) is 10.2 Å². The average molecular weight is 401 g/mol. The van der Waals surface area contributed by atoms with E-state index in [2.05, 4.69) is 20.6 Å². The third-order valence-electron chi connectivity index (χ3n) is 5.52. The minimum Gasteiger partial charge on any atom is -0.341 e. The Kier molecular flexibility index (Phi) is 7.08. The first-order valence-corrected chi connectivity index (χ1v) is 8.79. The number of carbonyl (C=O) groups excluding carboxylic acids is 1. The first-order valence-electron chi connectivity index (χ1n) is 8.79. The van der Waals surface area contributed by atoms with Crippen LogP contribution in [0.25, 0.3) is 0 Å². The number of likely N-dealkylation sites (tertiary alicyclic amines) is 1. The highest BCUT2D eigenvalue weighted by atomic mass is 35.5. The van der Waals surface area contributed by atoms with Crippen molar-refractivity contribution >= 4 is 30.7 Å². The number of carbonyl (C=O) groups is 1. The van der Waals surface area contributed by atoms with Crippen molar-refractivity contribution < 1.29 is 4.79 Å². The van der Waals surface area contributed by atoms with Gasteiger partial charge in [-0.05, 0) is 50.9 Å². The van der Waals surface area contributed by atoms with Crippen LogP contribution in [-0.4, -0.2) is 57.0 Å². The summed E-state index contributed by atoms with van der Waals surface area (Å²) in [6, 6.07) is 3.95. The smallest absolute Gasteiger partial charge is 0.250 e. The zero-order valence-electron chi connectivity index (χ0n) is 14.6. The van der Waals surface area contributed by atoms with Crippen molar-refractivity contribution in [1.29, 1.82) is 0 Å². The Balaban J connectivity index is 0.00000121. The molecule has 0 aliphatic carbocycles. The normalized spacial score (nSPS) is 20.1. The fourth-order valence-electron chi connectivity index (χ4n) is 4.09. The van der Waals surface area contributed by atoms with Gasteiger partial charge in [0.05, 0.1) is 0 Å². The van der Waals surface area contributed by atoms with E-state index in [1.807, 2.05) is 27.9 Å². The summed E-state index contributed by atoms with van der Waals surface area (Å²) >= 11 is 0. The highest BCUT2D eigenvalue weighted by Crippen LogP contribution is 2.33. The topological polar surface area (TPSA) is 78.8 Å². The molecule has 2 aliphatic heterocycles. The lowest BCUT2D eigenvalue weighted by Crippen LogP contribution is -2.56. The third-order valence-corrected chi connectivity index (χ3v) is 5.52. The van der Waals surface area contributed by atoms with Crippen LogP contribution in [0.4, 0.5) is 0 Å². The molecule has 4 heterocycles. The predicted octanol–water partition coefficient (Wildman–Crippen LogP) is 1.93. The molecule has 0 aromatic carbocycles. The molecular formula is C17H26Cl2N6O. The minimum atomic E-state index is -0.518. The summed E-state index contributed by atoms with van der Waals surface area (Å²) in [6.07, 6.45) is 9.07. The molecule has 0 saturated carbocycles. The first kappa shape index (κ1) is 20.7. The van der Waals surface area contributed by atoms with Gasteiger partial charge in [-0.15, -0.1) is 24.8 Å². The number of piperidine rings is 2. The van der Waals surface area contributed by atoms with Crippen LogP contribution in [0.5, 0.6) is 0 Å². The van der Waals surface area contributed by atoms with Gasteiger partial charge in [0.1, 0.15) is 5.54 Å². The van der Waals surface area contributed by atoms with Crippen molar-refractivity contribution in [1.82, 2.24) is 30.2 Å². The number of aromatic amines is 1. The molecule has 0 atom stereocenters. The molecule has 4 rings (SSSR count). The van der Waals surface area contributed by atoms with E-state index in [4.69, 9.17) is 0 Å². The van der Waals surface area contributed by atoms with E-state index in [1.165, 1.54) is 5.69 Å². The van der Waals surface area contributed by atoms with Crippen LogP contribution < -0.4 is 5.32 Å². The van der Waals surface area contributed by atoms with Crippen LogP contribution >= 0.6 is 24.8 Å². The van der Waals surface area contributed by atoms with Gasteiger partial charge >= 0.3 is 0 Å². The Hall–Kier alpha value is -1.57. The van der Waals surface area contributed by atoms with Gasteiger partial charge in [0, 0.05) is 43.3 Å². The number of rotatable bonds is 3. The monoisotopic (exact) mass is 400 g/mol. The number of aromatic nitrogens is 4. The lowest BCUT2D eigenvalue weighted by Gasteiger charge is -2.42. The maximum atomic E-state index is 13.4. The second kappa shape index (κ2) is 8.88. The largest absolute Gasteiger partial charge is 0.341 e. The molecule has 2 aliphatic rings. The summed E-state index contributed by atoms with van der Waals surface area (Å²) in [4.78, 5) is 15.4. The van der Waals surface area contributed by atoms with E-state index in [9.17, 15) is 4.79 Å². The van der Waals surface area contributed by atoms with E-state index >= 15 is 0 Å². The van der Waals surface area contributed by atoms with E-state index in [1.54, 1.807) is 12.4 Å². The molecule has 0 unspecified atom stereocenters. The molecule has 2 fully saturated rings. The minimum absolute atomic E-state index is 0. The third kappa shape index (κ3) is 3.75. The molecule has 1 amide bonds. The Morgan fingerprint density at radius 3 is 2.46 bits per heavy atom. The van der Waals surface area contributed by atoms with Crippen LogP contribution in [-0.2, 0) is 10.3 Å². The SMILES string of the molecule is Cl.Cl.O=C(N1CCC(c2ccn[nH]2)CC1)C1(n2cccn2)CCNCC1. The predicted molar refractivity (Wildman–Crippen MR) is 104 cm³/mol. The van der Waals surface area contributed by atoms with Crippen LogP contribution in [0.3, 0.4) is 0 Å². The van der Waals surface area contributed by atoms with Crippen molar-refractivity contribution in [3.05, 3.63) is 36.4 Å². The standard InChI is InChI=1S/C17H24N6O.2ClH/c24-16(17(5-9-18-10-6-17)23-11-1-7-20-23)22-12-3-14(4-13-22)15-2-8-19-21-15;;/h1-2,7-8,11,14,18H,3-6,9-10,12-13H2,(H,19,21);2*1H. The molecule has 0 radical (unpaired) electrons. The van der Waals surface area contributed by atoms with Gasteiger partial charge in [0.25, 0.3) is 5.91 Å². The van der Waals surface area contributed by atoms with Gasteiger partial charge < -0.3 is 10.2 Å². The molecule has 26 heavy (non-hydrogen) atoms. The van der Waals surface area contributed by atoms with E-state index in [0.717, 1.165) is 51.9 Å². The van der Waals surface area contributed by atoms with E-state index < -0.39 is 5.54 Å². The van der Waals surface area contributed by atoms with Crippen molar-refractivity contribution in [3.63, 3.8) is 0 Å². The number of nitrogens with zero attached hydrogens (tertiary/aromatic N) is 4. The number of hydrogen-bond acceptors (Lipinski definition) is 4. The first-order chi connectivity index (χ1) is 11.8. The maximum Gasteiger partial charge on any atom is 0.250 e. The molecule has 0 spiro atoms. The number of nitrogens with one attached hydrogen (secondary N) is 2. The van der Waals surface area contributed by atoms with Crippen LogP contribution in [0.2, 0.25) is 0 Å². The highest BCUT2D eigenvalue weighted by Gasteiger charge is 2.45. The molecule has 2 saturated heterocycles. The summed E-state index contributed by atoms with van der Waals surface area (Å²) in [6.45, 7) is 3.32. The van der Waals surface area contributed by atoms with Gasteiger partial charge in [-0.25, -0.2) is 0 Å². The van der Waals surface area contributed by atoms with Crippen molar-refractivity contribution in [3.8, 4) is 0 Å². The van der Waals surface area contributed by atoms with Crippen LogP contribution in [0.15, 0.2) is 30.7 Å². The summed E-state index contributed by atoms with van der Waals surface area (Å²) in [7, 11) is 0. The van der Waals surface area contributed by atoms with E-state index in [-0.39, 0.29) is 30.7 Å². The van der Waals surface area contributed by atoms with Crippen LogP contribution in [0.1, 0.15) is 37.3 Å². The summed E-state index contributed by atoms with van der Waals surface area (Å²) in [5.74, 6) is 0.709. The average Bonchev–Trinajstić information content (AvgIpc) is 3.35. The molecule has 2 aromatic rings. The fraction of sp³-hybridized carbons (Fsp3) is 0.588. The second-order valence-corrected chi connectivity index (χ2v) is 6.81. The summed E-state index contributed by atoms with van der Waals surface area (Å²) in [5, 5.41) is 14.9. The van der Waals surface area contributed by atoms with Gasteiger partial charge in [0.15, 0.2) is 0 Å². The van der Waals surface area contributed by atoms with Gasteiger partial charge in [-0.1, -0.05) is 0 Å². The number of amides is 1. The molecule has 144 valence electrons. The highest BCUT2D eigenvalue weighted by molar-refractivity contribution is 5.86. The van der Waals surface area contributed by atoms with Crippen molar-refractivity contribution in [2.24, 2.45) is 0 Å². The quantitative estimate of drug-likeness (QED) is 0.824. The molecule has 0 bridgehead atoms. The second-order valence-electron chi connectivity index (χ2n) is 6.81. The molecule has 9 heteroatoms. The van der Waals surface area contributed by atoms with Gasteiger partial charge in [-0.3, -0.25) is 14.6 Å².